The predicted octanol–water partition coefficient (Wildman–Crippen LogP) is 4.52. The average molecular weight is 316 g/mol. The van der Waals surface area contributed by atoms with E-state index in [4.69, 9.17) is 0 Å². The molecule has 2 nitrogen and oxygen atoms in total. The normalized spacial score (nSPS) is 54.5. The summed E-state index contributed by atoms with van der Waals surface area (Å²) in [5.41, 5.74) is 1.68. The first kappa shape index (κ1) is 15.9. The van der Waals surface area contributed by atoms with Gasteiger partial charge in [-0.05, 0) is 91.9 Å². The minimum atomic E-state index is -0.0684. The zero-order chi connectivity index (χ0) is 16.4. The van der Waals surface area contributed by atoms with Crippen molar-refractivity contribution in [3.05, 3.63) is 11.6 Å². The highest BCUT2D eigenvalue weighted by atomic mass is 16.3. The highest BCUT2D eigenvalue weighted by Crippen LogP contribution is 2.66. The van der Waals surface area contributed by atoms with Gasteiger partial charge < -0.3 is 5.11 Å². The van der Waals surface area contributed by atoms with Crippen molar-refractivity contribution in [3.63, 3.8) is 0 Å². The topological polar surface area (TPSA) is 37.3 Å². The maximum absolute atomic E-state index is 12.6. The van der Waals surface area contributed by atoms with Gasteiger partial charge >= 0.3 is 0 Å². The maximum atomic E-state index is 12.6. The van der Waals surface area contributed by atoms with E-state index < -0.39 is 0 Å². The highest BCUT2D eigenvalue weighted by Gasteiger charge is 2.60. The van der Waals surface area contributed by atoms with Crippen LogP contribution in [-0.2, 0) is 4.79 Å². The molecule has 1 N–H and O–H groups in total. The fourth-order valence-electron chi connectivity index (χ4n) is 7.39. The predicted molar refractivity (Wildman–Crippen MR) is 91.9 cm³/mol. The van der Waals surface area contributed by atoms with Crippen molar-refractivity contribution in [1.29, 1.82) is 0 Å². The molecule has 0 aromatic rings. The van der Waals surface area contributed by atoms with Gasteiger partial charge in [-0.3, -0.25) is 4.79 Å². The third kappa shape index (κ3) is 2.06. The summed E-state index contributed by atoms with van der Waals surface area (Å²) in [5.74, 6) is 3.20. The van der Waals surface area contributed by atoms with Crippen molar-refractivity contribution >= 4 is 5.78 Å². The third-order valence-corrected chi connectivity index (χ3v) is 8.64. The standard InChI is InChI=1S/C21H32O2/c1-4-16-19(23)12-18-15-6-5-13-11-14(22)7-9-20(13,2)17(15)8-10-21(16,18)3/h4,13-15,17-18,22H,5-12H2,1-3H3/t13?,14?,15-,17+,18+,20+,21-/m1/s1. The molecule has 4 fully saturated rings. The van der Waals surface area contributed by atoms with E-state index >= 15 is 0 Å². The van der Waals surface area contributed by atoms with Crippen LogP contribution in [0.3, 0.4) is 0 Å². The molecule has 0 amide bonds. The van der Waals surface area contributed by atoms with E-state index in [9.17, 15) is 9.90 Å². The fraction of sp³-hybridized carbons (Fsp3) is 0.857. The lowest BCUT2D eigenvalue weighted by atomic mass is 9.45. The Bertz CT molecular complexity index is 550. The fourth-order valence-corrected chi connectivity index (χ4v) is 7.39. The maximum Gasteiger partial charge on any atom is 0.159 e. The molecular weight excluding hydrogens is 284 g/mol. The molecule has 0 bridgehead atoms. The second kappa shape index (κ2) is 5.18. The average Bonchev–Trinajstić information content (AvgIpc) is 2.77. The summed E-state index contributed by atoms with van der Waals surface area (Å²) in [4.78, 5) is 12.6. The summed E-state index contributed by atoms with van der Waals surface area (Å²) in [5, 5.41) is 10.1. The van der Waals surface area contributed by atoms with Crippen molar-refractivity contribution in [1.82, 2.24) is 0 Å². The van der Waals surface area contributed by atoms with Gasteiger partial charge in [0.15, 0.2) is 5.78 Å². The van der Waals surface area contributed by atoms with Gasteiger partial charge in [0.1, 0.15) is 0 Å². The van der Waals surface area contributed by atoms with E-state index in [0.717, 1.165) is 36.7 Å². The minimum absolute atomic E-state index is 0.0684. The summed E-state index contributed by atoms with van der Waals surface area (Å²) in [6, 6.07) is 0. The van der Waals surface area contributed by atoms with Gasteiger partial charge in [-0.15, -0.1) is 0 Å². The van der Waals surface area contributed by atoms with E-state index in [-0.39, 0.29) is 11.5 Å². The first-order valence-electron chi connectivity index (χ1n) is 9.78. The molecule has 2 heteroatoms. The van der Waals surface area contributed by atoms with E-state index in [1.54, 1.807) is 0 Å². The van der Waals surface area contributed by atoms with Gasteiger partial charge in [0.25, 0.3) is 0 Å². The molecule has 0 radical (unpaired) electrons. The van der Waals surface area contributed by atoms with Crippen LogP contribution < -0.4 is 0 Å². The Hall–Kier alpha value is -0.630. The Morgan fingerprint density at radius 3 is 2.61 bits per heavy atom. The largest absolute Gasteiger partial charge is 0.393 e. The Labute approximate surface area is 140 Å². The second-order valence-electron chi connectivity index (χ2n) is 9.37. The molecule has 4 rings (SSSR count). The number of aliphatic hydroxyl groups is 1. The lowest BCUT2D eigenvalue weighted by Gasteiger charge is -2.60. The van der Waals surface area contributed by atoms with Gasteiger partial charge in [-0.25, -0.2) is 0 Å². The van der Waals surface area contributed by atoms with Gasteiger partial charge in [0, 0.05) is 6.42 Å². The molecular formula is C21H32O2. The molecule has 4 aliphatic rings. The van der Waals surface area contributed by atoms with Crippen molar-refractivity contribution in [2.45, 2.75) is 78.2 Å². The van der Waals surface area contributed by atoms with Crippen molar-refractivity contribution in [2.75, 3.05) is 0 Å². The molecule has 2 unspecified atom stereocenters. The number of carbonyl (C=O) groups is 1. The highest BCUT2D eigenvalue weighted by molar-refractivity contribution is 5.99. The van der Waals surface area contributed by atoms with Gasteiger partial charge in [-0.1, -0.05) is 19.9 Å². The summed E-state index contributed by atoms with van der Waals surface area (Å²) in [7, 11) is 0. The van der Waals surface area contributed by atoms with Crippen LogP contribution in [0, 0.1) is 34.5 Å². The lowest BCUT2D eigenvalue weighted by molar-refractivity contribution is -0.120. The Morgan fingerprint density at radius 2 is 1.87 bits per heavy atom. The molecule has 0 heterocycles. The summed E-state index contributed by atoms with van der Waals surface area (Å²) < 4.78 is 0. The molecule has 128 valence electrons. The second-order valence-corrected chi connectivity index (χ2v) is 9.37. The molecule has 0 aromatic carbocycles. The van der Waals surface area contributed by atoms with E-state index in [1.165, 1.54) is 32.1 Å². The lowest BCUT2D eigenvalue weighted by Crippen LogP contribution is -2.53. The molecule has 4 aliphatic carbocycles. The Morgan fingerprint density at radius 1 is 1.09 bits per heavy atom. The first-order chi connectivity index (χ1) is 10.9. The first-order valence-corrected chi connectivity index (χ1v) is 9.78. The zero-order valence-electron chi connectivity index (χ0n) is 15.0. The van der Waals surface area contributed by atoms with Crippen LogP contribution in [-0.4, -0.2) is 17.0 Å². The number of ketones is 1. The van der Waals surface area contributed by atoms with E-state index in [0.29, 0.717) is 23.0 Å². The van der Waals surface area contributed by atoms with Crippen LogP contribution in [0.5, 0.6) is 0 Å². The Balaban J connectivity index is 1.66. The number of hydrogen-bond donors (Lipinski definition) is 1. The van der Waals surface area contributed by atoms with Crippen molar-refractivity contribution in [2.24, 2.45) is 34.5 Å². The smallest absolute Gasteiger partial charge is 0.159 e. The SMILES string of the molecule is CC=C1C(=O)C[C@H]2[C@@H]3CCC4CC(O)CC[C@]4(C)[C@H]3CC[C@]12C. The minimum Gasteiger partial charge on any atom is -0.393 e. The summed E-state index contributed by atoms with van der Waals surface area (Å²) in [6.45, 7) is 6.93. The number of allylic oxidation sites excluding steroid dienone is 2. The van der Waals surface area contributed by atoms with Gasteiger partial charge in [-0.2, -0.15) is 0 Å². The van der Waals surface area contributed by atoms with Crippen LogP contribution in [0.15, 0.2) is 11.6 Å². The number of hydrogen-bond acceptors (Lipinski definition) is 2. The molecule has 7 atom stereocenters. The van der Waals surface area contributed by atoms with E-state index in [2.05, 4.69) is 19.9 Å². The zero-order valence-corrected chi connectivity index (χ0v) is 15.0. The van der Waals surface area contributed by atoms with Crippen molar-refractivity contribution in [3.8, 4) is 0 Å². The quantitative estimate of drug-likeness (QED) is 0.667. The molecule has 23 heavy (non-hydrogen) atoms. The number of fused-ring (bicyclic) bond motifs is 5. The third-order valence-electron chi connectivity index (χ3n) is 8.64. The monoisotopic (exact) mass is 316 g/mol. The summed E-state index contributed by atoms with van der Waals surface area (Å²) in [6.07, 6.45) is 11.0. The van der Waals surface area contributed by atoms with E-state index in [1.807, 2.05) is 6.92 Å². The molecule has 0 aliphatic heterocycles. The number of aliphatic hydroxyl groups excluding tert-OH is 1. The summed E-state index contributed by atoms with van der Waals surface area (Å²) >= 11 is 0. The molecule has 0 saturated heterocycles. The van der Waals surface area contributed by atoms with Crippen LogP contribution in [0.4, 0.5) is 0 Å². The van der Waals surface area contributed by atoms with Crippen LogP contribution >= 0.6 is 0 Å². The van der Waals surface area contributed by atoms with Crippen molar-refractivity contribution < 1.29 is 9.90 Å². The number of Topliss-reactive ketones (excluding diaryl/α,β-unsaturated/α-hetero) is 1. The van der Waals surface area contributed by atoms with Crippen LogP contribution in [0.2, 0.25) is 0 Å². The number of rotatable bonds is 0. The molecule has 0 spiro atoms. The van der Waals surface area contributed by atoms with Gasteiger partial charge in [0.05, 0.1) is 6.10 Å². The Kier molecular flexibility index (Phi) is 3.58. The van der Waals surface area contributed by atoms with Crippen LogP contribution in [0.1, 0.15) is 72.1 Å². The molecule has 4 saturated carbocycles. The van der Waals surface area contributed by atoms with Gasteiger partial charge in [0.2, 0.25) is 0 Å². The molecule has 0 aromatic heterocycles. The number of carbonyl (C=O) groups excluding carboxylic acids is 1. The van der Waals surface area contributed by atoms with Crippen LogP contribution in [0.25, 0.3) is 0 Å².